The number of anilines is 1. The standard InChI is InChI=1S/C30H33BrF3N3O4S/c1-20(2)17-35-29(39)22(4)36(18-23-7-5-9-25(31)15-23)28(38)19-37(26-10-6-8-24(16-26)30(32,33)34)42(40,41)27-13-11-21(3)12-14-27/h5-16,20,22H,17-19H2,1-4H3,(H,35,39)/t22-/m0/s1. The quantitative estimate of drug-likeness (QED) is 0.265. The molecule has 0 aromatic heterocycles. The van der Waals surface area contributed by atoms with E-state index in [1.54, 1.807) is 43.3 Å². The first kappa shape index (κ1) is 33.1. The highest BCUT2D eigenvalue weighted by atomic mass is 79.9. The van der Waals surface area contributed by atoms with E-state index >= 15 is 0 Å². The summed E-state index contributed by atoms with van der Waals surface area (Å²) in [5.41, 5.74) is 0.0346. The summed E-state index contributed by atoms with van der Waals surface area (Å²) < 4.78 is 69.8. The second kappa shape index (κ2) is 13.7. The van der Waals surface area contributed by atoms with Gasteiger partial charge in [-0.05, 0) is 67.8 Å². The maximum atomic E-state index is 13.9. The number of hydrogen-bond acceptors (Lipinski definition) is 4. The molecular weight excluding hydrogens is 635 g/mol. The molecule has 0 saturated carbocycles. The largest absolute Gasteiger partial charge is 0.416 e. The number of sulfonamides is 1. The predicted octanol–water partition coefficient (Wildman–Crippen LogP) is 6.16. The number of nitrogens with zero attached hydrogens (tertiary/aromatic N) is 2. The van der Waals surface area contributed by atoms with Crippen molar-refractivity contribution in [1.29, 1.82) is 0 Å². The topological polar surface area (TPSA) is 86.8 Å². The van der Waals surface area contributed by atoms with Crippen molar-refractivity contribution in [2.24, 2.45) is 5.92 Å². The average molecular weight is 669 g/mol. The van der Waals surface area contributed by atoms with Gasteiger partial charge in [-0.3, -0.25) is 13.9 Å². The number of nitrogens with one attached hydrogen (secondary N) is 1. The number of hydrogen-bond donors (Lipinski definition) is 1. The van der Waals surface area contributed by atoms with Gasteiger partial charge in [-0.2, -0.15) is 13.2 Å². The van der Waals surface area contributed by atoms with Crippen LogP contribution >= 0.6 is 15.9 Å². The van der Waals surface area contributed by atoms with Crippen molar-refractivity contribution in [3.8, 4) is 0 Å². The third kappa shape index (κ3) is 8.57. The number of aryl methyl sites for hydroxylation is 1. The van der Waals surface area contributed by atoms with Gasteiger partial charge >= 0.3 is 6.18 Å². The molecule has 0 spiro atoms. The van der Waals surface area contributed by atoms with E-state index in [0.29, 0.717) is 22.5 Å². The smallest absolute Gasteiger partial charge is 0.354 e. The van der Waals surface area contributed by atoms with E-state index in [4.69, 9.17) is 0 Å². The molecule has 0 fully saturated rings. The van der Waals surface area contributed by atoms with E-state index in [0.717, 1.165) is 22.2 Å². The molecule has 12 heteroatoms. The van der Waals surface area contributed by atoms with Crippen LogP contribution in [0.25, 0.3) is 0 Å². The third-order valence-corrected chi connectivity index (χ3v) is 8.72. The van der Waals surface area contributed by atoms with E-state index < -0.39 is 46.2 Å². The summed E-state index contributed by atoms with van der Waals surface area (Å²) in [6.07, 6.45) is -4.74. The highest BCUT2D eigenvalue weighted by molar-refractivity contribution is 9.10. The first-order valence-electron chi connectivity index (χ1n) is 13.2. The molecule has 0 bridgehead atoms. The van der Waals surface area contributed by atoms with E-state index in [9.17, 15) is 31.2 Å². The Kier molecular flexibility index (Phi) is 10.8. The van der Waals surface area contributed by atoms with E-state index in [-0.39, 0.29) is 23.0 Å². The fourth-order valence-electron chi connectivity index (χ4n) is 4.07. The zero-order chi connectivity index (χ0) is 31.2. The monoisotopic (exact) mass is 667 g/mol. The van der Waals surface area contributed by atoms with Crippen LogP contribution in [0.2, 0.25) is 0 Å². The number of carbonyl (C=O) groups is 2. The molecule has 0 aliphatic heterocycles. The molecule has 0 radical (unpaired) electrons. The summed E-state index contributed by atoms with van der Waals surface area (Å²) in [6.45, 7) is 6.59. The Morgan fingerprint density at radius 2 is 1.60 bits per heavy atom. The first-order chi connectivity index (χ1) is 19.6. The van der Waals surface area contributed by atoms with Crippen LogP contribution in [0.1, 0.15) is 37.5 Å². The number of alkyl halides is 3. The molecule has 7 nitrogen and oxygen atoms in total. The number of halogens is 4. The van der Waals surface area contributed by atoms with Gasteiger partial charge < -0.3 is 10.2 Å². The molecule has 3 aromatic rings. The summed E-state index contributed by atoms with van der Waals surface area (Å²) in [5, 5.41) is 2.79. The molecule has 0 aliphatic rings. The second-order valence-corrected chi connectivity index (χ2v) is 13.1. The molecule has 3 aromatic carbocycles. The van der Waals surface area contributed by atoms with Crippen molar-refractivity contribution in [3.63, 3.8) is 0 Å². The lowest BCUT2D eigenvalue weighted by atomic mass is 10.1. The summed E-state index contributed by atoms with van der Waals surface area (Å²) in [7, 11) is -4.50. The first-order valence-corrected chi connectivity index (χ1v) is 15.4. The van der Waals surface area contributed by atoms with Crippen molar-refractivity contribution in [3.05, 3.63) is 94.0 Å². The lowest BCUT2D eigenvalue weighted by molar-refractivity contribution is -0.139. The number of carbonyl (C=O) groups excluding carboxylic acids is 2. The van der Waals surface area contributed by atoms with Gasteiger partial charge in [-0.15, -0.1) is 0 Å². The van der Waals surface area contributed by atoms with Crippen LogP contribution in [0.4, 0.5) is 18.9 Å². The molecular formula is C30H33BrF3N3O4S. The number of rotatable bonds is 11. The van der Waals surface area contributed by atoms with Crippen molar-refractivity contribution in [2.75, 3.05) is 17.4 Å². The summed E-state index contributed by atoms with van der Waals surface area (Å²) in [5.74, 6) is -1.07. The summed E-state index contributed by atoms with van der Waals surface area (Å²) in [6, 6.07) is 15.6. The Morgan fingerprint density at radius 3 is 2.19 bits per heavy atom. The Bertz CT molecular complexity index is 1510. The van der Waals surface area contributed by atoms with Gasteiger partial charge in [0.2, 0.25) is 11.8 Å². The Balaban J connectivity index is 2.08. The van der Waals surface area contributed by atoms with Gasteiger partial charge in [0.05, 0.1) is 16.1 Å². The van der Waals surface area contributed by atoms with Crippen molar-refractivity contribution < 1.29 is 31.2 Å². The van der Waals surface area contributed by atoms with Crippen LogP contribution in [0.15, 0.2) is 82.2 Å². The minimum atomic E-state index is -4.74. The SMILES string of the molecule is Cc1ccc(S(=O)(=O)N(CC(=O)N(Cc2cccc(Br)c2)[C@@H](C)C(=O)NCC(C)C)c2cccc(C(F)(F)F)c2)cc1. The van der Waals surface area contributed by atoms with E-state index in [2.05, 4.69) is 21.2 Å². The van der Waals surface area contributed by atoms with Crippen LogP contribution < -0.4 is 9.62 Å². The van der Waals surface area contributed by atoms with Crippen LogP contribution in [0.3, 0.4) is 0 Å². The molecule has 1 atom stereocenters. The molecule has 1 N–H and O–H groups in total. The van der Waals surface area contributed by atoms with Gasteiger partial charge in [-0.25, -0.2) is 8.42 Å². The van der Waals surface area contributed by atoms with Crippen molar-refractivity contribution in [1.82, 2.24) is 10.2 Å². The lowest BCUT2D eigenvalue weighted by Gasteiger charge is -2.32. The molecule has 0 saturated heterocycles. The molecule has 0 unspecified atom stereocenters. The van der Waals surface area contributed by atoms with Gasteiger partial charge in [-0.1, -0.05) is 65.7 Å². The second-order valence-electron chi connectivity index (χ2n) is 10.3. The molecule has 226 valence electrons. The molecule has 0 aliphatic carbocycles. The zero-order valence-electron chi connectivity index (χ0n) is 23.7. The minimum absolute atomic E-state index is 0.0461. The van der Waals surface area contributed by atoms with Crippen molar-refractivity contribution in [2.45, 2.75) is 51.4 Å². The number of amides is 2. The molecule has 2 amide bonds. The van der Waals surface area contributed by atoms with Crippen LogP contribution in [-0.4, -0.2) is 44.3 Å². The fraction of sp³-hybridized carbons (Fsp3) is 0.333. The predicted molar refractivity (Wildman–Crippen MR) is 159 cm³/mol. The Labute approximate surface area is 252 Å². The molecule has 0 heterocycles. The van der Waals surface area contributed by atoms with Gasteiger partial charge in [0.15, 0.2) is 0 Å². The van der Waals surface area contributed by atoms with Gasteiger partial charge in [0, 0.05) is 17.6 Å². The third-order valence-electron chi connectivity index (χ3n) is 6.44. The fourth-order valence-corrected chi connectivity index (χ4v) is 5.92. The lowest BCUT2D eigenvalue weighted by Crippen LogP contribution is -2.51. The Hall–Kier alpha value is -3.38. The van der Waals surface area contributed by atoms with E-state index in [1.807, 2.05) is 13.8 Å². The maximum Gasteiger partial charge on any atom is 0.416 e. The maximum absolute atomic E-state index is 13.9. The highest BCUT2D eigenvalue weighted by Crippen LogP contribution is 2.33. The van der Waals surface area contributed by atoms with Crippen LogP contribution in [0.5, 0.6) is 0 Å². The van der Waals surface area contributed by atoms with Crippen LogP contribution in [-0.2, 0) is 32.3 Å². The summed E-state index contributed by atoms with van der Waals surface area (Å²) in [4.78, 5) is 28.0. The summed E-state index contributed by atoms with van der Waals surface area (Å²) >= 11 is 3.38. The molecule has 3 rings (SSSR count). The number of benzene rings is 3. The van der Waals surface area contributed by atoms with Crippen molar-refractivity contribution >= 4 is 43.5 Å². The normalized spacial score (nSPS) is 12.6. The zero-order valence-corrected chi connectivity index (χ0v) is 26.1. The Morgan fingerprint density at radius 1 is 0.952 bits per heavy atom. The van der Waals surface area contributed by atoms with Gasteiger partial charge in [0.1, 0.15) is 12.6 Å². The van der Waals surface area contributed by atoms with Crippen LogP contribution in [0, 0.1) is 12.8 Å². The van der Waals surface area contributed by atoms with Gasteiger partial charge in [0.25, 0.3) is 10.0 Å². The highest BCUT2D eigenvalue weighted by Gasteiger charge is 2.35. The average Bonchev–Trinajstić information content (AvgIpc) is 2.92. The molecule has 42 heavy (non-hydrogen) atoms. The minimum Gasteiger partial charge on any atom is -0.354 e. The van der Waals surface area contributed by atoms with E-state index in [1.165, 1.54) is 30.0 Å².